The van der Waals surface area contributed by atoms with Crippen molar-refractivity contribution in [3.8, 4) is 23.4 Å². The van der Waals surface area contributed by atoms with Crippen LogP contribution in [-0.2, 0) is 20.6 Å². The van der Waals surface area contributed by atoms with Gasteiger partial charge in [0.05, 0.1) is 31.3 Å². The lowest BCUT2D eigenvalue weighted by atomic mass is 9.62. The Hall–Kier alpha value is -4.52. The highest BCUT2D eigenvalue weighted by Gasteiger charge is 2.44. The molecule has 3 aromatic carbocycles. The number of nitriles is 1. The number of amidine groups is 1. The third kappa shape index (κ3) is 10.2. The highest BCUT2D eigenvalue weighted by molar-refractivity contribution is 7.97. The molecule has 14 heteroatoms. The summed E-state index contributed by atoms with van der Waals surface area (Å²) in [7, 11) is 0. The molecule has 1 saturated carbocycles. The lowest BCUT2D eigenvalue weighted by molar-refractivity contribution is -0.0907. The van der Waals surface area contributed by atoms with Crippen LogP contribution in [0.1, 0.15) is 38.7 Å². The van der Waals surface area contributed by atoms with Crippen molar-refractivity contribution in [3.05, 3.63) is 84.4 Å². The van der Waals surface area contributed by atoms with Gasteiger partial charge in [-0.15, -0.1) is 0 Å². The van der Waals surface area contributed by atoms with E-state index in [0.717, 1.165) is 29.7 Å². The molecule has 1 aliphatic carbocycles. The molecule has 292 valence electrons. The fourth-order valence-corrected chi connectivity index (χ4v) is 8.85. The molecule has 0 aromatic heterocycles. The number of hydrogen-bond donors (Lipinski definition) is 3. The molecule has 0 unspecified atom stereocenters. The third-order valence-corrected chi connectivity index (χ3v) is 11.8. The van der Waals surface area contributed by atoms with Crippen molar-refractivity contribution in [2.45, 2.75) is 69.0 Å². The van der Waals surface area contributed by atoms with E-state index in [1.165, 1.54) is 0 Å². The van der Waals surface area contributed by atoms with Crippen molar-refractivity contribution in [1.29, 1.82) is 5.26 Å². The van der Waals surface area contributed by atoms with E-state index in [1.54, 1.807) is 11.9 Å². The van der Waals surface area contributed by atoms with Crippen molar-refractivity contribution >= 4 is 24.1 Å². The van der Waals surface area contributed by atoms with E-state index >= 15 is 0 Å². The fourth-order valence-electron chi connectivity index (χ4n) is 7.64. The average Bonchev–Trinajstić information content (AvgIpc) is 3.90. The maximum Gasteiger partial charge on any atom is 0.407 e. The van der Waals surface area contributed by atoms with Crippen LogP contribution in [0.4, 0.5) is 4.79 Å². The number of hydrogen-bond acceptors (Lipinski definition) is 12. The minimum Gasteiger partial charge on any atom is -0.454 e. The molecule has 13 nitrogen and oxygen atoms in total. The number of aliphatic hydroxyl groups is 1. The second kappa shape index (κ2) is 18.0. The van der Waals surface area contributed by atoms with Gasteiger partial charge < -0.3 is 38.8 Å². The molecule has 7 rings (SSSR count). The molecular formula is C41H49N5O8S. The van der Waals surface area contributed by atoms with Gasteiger partial charge in [0.2, 0.25) is 6.79 Å². The molecular weight excluding hydrogens is 723 g/mol. The molecule has 3 aromatic rings. The van der Waals surface area contributed by atoms with Crippen LogP contribution in [-0.4, -0.2) is 85.7 Å². The molecule has 0 spiro atoms. The first-order valence-electron chi connectivity index (χ1n) is 18.9. The van der Waals surface area contributed by atoms with Crippen LogP contribution in [0.3, 0.4) is 0 Å². The Morgan fingerprint density at radius 3 is 2.62 bits per heavy atom. The van der Waals surface area contributed by atoms with Gasteiger partial charge in [-0.2, -0.15) is 5.26 Å². The number of carbonyl (C=O) groups excluding carboxylic acids is 1. The maximum atomic E-state index is 13.4. The van der Waals surface area contributed by atoms with Gasteiger partial charge in [-0.25, -0.2) is 19.4 Å². The van der Waals surface area contributed by atoms with E-state index in [4.69, 9.17) is 28.4 Å². The standard InChI is InChI=1S/C41H49N5O8S/c1-41(2,29-17-28(18-29)21-43-39(44-25-42)53-30-11-7-4-8-12-30)24-46(55-31-13-14-35-36(20-31)52-26-51-35)22-34(47)33(19-27-9-5-3-6-10-27)45-40(48)54-37-23-50-38-32(37)15-16-49-38/h3-14,20,28-29,32-34,37-38,47H,15-19,21-24,26H2,1-2H3,(H,43,44)(H,45,48)/t28?,29?,32-,33-,34+,37-,38+/m0/s1. The van der Waals surface area contributed by atoms with Crippen molar-refractivity contribution < 1.29 is 38.3 Å². The Morgan fingerprint density at radius 1 is 1.07 bits per heavy atom. The van der Waals surface area contributed by atoms with Crippen molar-refractivity contribution in [3.63, 3.8) is 0 Å². The zero-order valence-electron chi connectivity index (χ0n) is 31.2. The SMILES string of the molecule is CC(C)(CN(C[C@@H](O)[C@H](Cc1ccccc1)NC(=O)O[C@H]1CO[C@H]2OCC[C@H]21)Sc1ccc2c(c1)OCO2)C1CC(CN=C(NC#N)Oc2ccccc2)C1. The van der Waals surface area contributed by atoms with E-state index < -0.39 is 24.3 Å². The van der Waals surface area contributed by atoms with Gasteiger partial charge in [-0.3, -0.25) is 0 Å². The van der Waals surface area contributed by atoms with Gasteiger partial charge in [-0.05, 0) is 90.8 Å². The van der Waals surface area contributed by atoms with Crippen LogP contribution in [0.25, 0.3) is 0 Å². The van der Waals surface area contributed by atoms with Crippen LogP contribution in [0.5, 0.6) is 17.2 Å². The number of aliphatic hydroxyl groups excluding tert-OH is 1. The highest BCUT2D eigenvalue weighted by Crippen LogP contribution is 2.47. The summed E-state index contributed by atoms with van der Waals surface area (Å²) >= 11 is 1.55. The summed E-state index contributed by atoms with van der Waals surface area (Å²) in [5.74, 6) is 2.76. The fraction of sp³-hybridized carbons (Fsp3) is 0.488. The Balaban J connectivity index is 1.02. The number of carbonyl (C=O) groups is 1. The molecule has 3 fully saturated rings. The van der Waals surface area contributed by atoms with Crippen LogP contribution in [0.2, 0.25) is 0 Å². The van der Waals surface area contributed by atoms with Gasteiger partial charge in [0.25, 0.3) is 0 Å². The molecule has 5 atom stereocenters. The number of fused-ring (bicyclic) bond motifs is 2. The topological polar surface area (TPSA) is 156 Å². The van der Waals surface area contributed by atoms with Crippen LogP contribution in [0, 0.1) is 34.6 Å². The lowest BCUT2D eigenvalue weighted by Crippen LogP contribution is -2.51. The number of ether oxygens (including phenoxy) is 6. The summed E-state index contributed by atoms with van der Waals surface area (Å²) in [6, 6.07) is 24.5. The van der Waals surface area contributed by atoms with Crippen molar-refractivity contribution in [1.82, 2.24) is 14.9 Å². The monoisotopic (exact) mass is 771 g/mol. The van der Waals surface area contributed by atoms with Crippen molar-refractivity contribution in [2.24, 2.45) is 28.2 Å². The number of nitrogens with zero attached hydrogens (tertiary/aromatic N) is 3. The van der Waals surface area contributed by atoms with E-state index in [9.17, 15) is 15.2 Å². The minimum absolute atomic E-state index is 0.0101. The molecule has 4 aliphatic rings. The smallest absolute Gasteiger partial charge is 0.407 e. The van der Waals surface area contributed by atoms with Gasteiger partial charge >= 0.3 is 12.1 Å². The molecule has 0 radical (unpaired) electrons. The summed E-state index contributed by atoms with van der Waals surface area (Å²) in [6.07, 6.45) is 2.79. The first kappa shape index (κ1) is 38.7. The number of nitrogens with one attached hydrogen (secondary N) is 2. The normalized spacial score (nSPS) is 24.0. The molecule has 3 heterocycles. The predicted molar refractivity (Wildman–Crippen MR) is 205 cm³/mol. The summed E-state index contributed by atoms with van der Waals surface area (Å²) in [6.45, 7) is 7.05. The molecule has 55 heavy (non-hydrogen) atoms. The van der Waals surface area contributed by atoms with Gasteiger partial charge in [0.15, 0.2) is 24.0 Å². The number of rotatable bonds is 15. The summed E-state index contributed by atoms with van der Waals surface area (Å²) in [4.78, 5) is 18.9. The molecule has 2 saturated heterocycles. The average molecular weight is 772 g/mol. The Kier molecular flexibility index (Phi) is 12.6. The minimum atomic E-state index is -0.938. The van der Waals surface area contributed by atoms with E-state index in [0.29, 0.717) is 55.2 Å². The Morgan fingerprint density at radius 2 is 1.84 bits per heavy atom. The summed E-state index contributed by atoms with van der Waals surface area (Å²) in [5.41, 5.74) is 0.849. The highest BCUT2D eigenvalue weighted by atomic mass is 32.2. The lowest BCUT2D eigenvalue weighted by Gasteiger charge is -2.47. The zero-order chi connectivity index (χ0) is 38.2. The van der Waals surface area contributed by atoms with Crippen LogP contribution in [0.15, 0.2) is 88.8 Å². The first-order chi connectivity index (χ1) is 26.7. The molecule has 0 bridgehead atoms. The van der Waals surface area contributed by atoms with Gasteiger partial charge in [-0.1, -0.05) is 62.4 Å². The van der Waals surface area contributed by atoms with E-state index in [2.05, 4.69) is 33.8 Å². The number of amides is 1. The summed E-state index contributed by atoms with van der Waals surface area (Å²) < 4.78 is 36.4. The van der Waals surface area contributed by atoms with Gasteiger partial charge in [0, 0.05) is 24.5 Å². The number of aliphatic imine (C=N–C) groups is 1. The Labute approximate surface area is 326 Å². The van der Waals surface area contributed by atoms with E-state index in [-0.39, 0.29) is 43.6 Å². The van der Waals surface area contributed by atoms with Crippen molar-refractivity contribution in [2.75, 3.05) is 39.6 Å². The second-order valence-corrected chi connectivity index (χ2v) is 16.4. The first-order valence-corrected chi connectivity index (χ1v) is 19.7. The number of benzene rings is 3. The zero-order valence-corrected chi connectivity index (χ0v) is 32.0. The Bertz CT molecular complexity index is 1810. The molecule has 3 aliphatic heterocycles. The third-order valence-electron chi connectivity index (χ3n) is 10.8. The van der Waals surface area contributed by atoms with Crippen LogP contribution < -0.4 is 24.8 Å². The molecule has 1 amide bonds. The number of alkyl carbamates (subject to hydrolysis) is 1. The van der Waals surface area contributed by atoms with Crippen LogP contribution >= 0.6 is 11.9 Å². The maximum absolute atomic E-state index is 13.4. The quantitative estimate of drug-likeness (QED) is 0.0567. The summed E-state index contributed by atoms with van der Waals surface area (Å²) in [5, 5.41) is 26.8. The molecule has 3 N–H and O–H groups in total. The largest absolute Gasteiger partial charge is 0.454 e. The second-order valence-electron chi connectivity index (χ2n) is 15.2. The number of para-hydroxylation sites is 1. The predicted octanol–water partition coefficient (Wildman–Crippen LogP) is 5.74. The van der Waals surface area contributed by atoms with E-state index in [1.807, 2.05) is 85.1 Å². The van der Waals surface area contributed by atoms with Gasteiger partial charge in [0.1, 0.15) is 11.9 Å².